The number of aromatic nitrogens is 2. The predicted molar refractivity (Wildman–Crippen MR) is 106 cm³/mol. The summed E-state index contributed by atoms with van der Waals surface area (Å²) in [5.74, 6) is 0.862. The number of thiazole rings is 1. The maximum absolute atomic E-state index is 12.5. The molecule has 1 aliphatic heterocycles. The van der Waals surface area contributed by atoms with Crippen molar-refractivity contribution in [2.75, 3.05) is 36.4 Å². The summed E-state index contributed by atoms with van der Waals surface area (Å²) in [7, 11) is 0. The molecule has 0 spiro atoms. The van der Waals surface area contributed by atoms with Crippen LogP contribution in [0.4, 0.5) is 15.7 Å². The zero-order valence-electron chi connectivity index (χ0n) is 15.5. The normalized spacial score (nSPS) is 14.3. The minimum Gasteiger partial charge on any atom is -0.354 e. The highest BCUT2D eigenvalue weighted by Crippen LogP contribution is 2.18. The summed E-state index contributed by atoms with van der Waals surface area (Å²) in [4.78, 5) is 36.9. The Morgan fingerprint density at radius 2 is 2.00 bits per heavy atom. The Bertz CT molecular complexity index is 771. The third-order valence-electron chi connectivity index (χ3n) is 4.10. The number of piperazine rings is 1. The molecule has 1 saturated heterocycles. The molecule has 144 valence electrons. The van der Waals surface area contributed by atoms with Gasteiger partial charge in [-0.05, 0) is 26.0 Å². The molecule has 0 aliphatic carbocycles. The lowest BCUT2D eigenvalue weighted by molar-refractivity contribution is -0.120. The number of anilines is 2. The number of hydrogen-bond acceptors (Lipinski definition) is 6. The smallest absolute Gasteiger partial charge is 0.323 e. The summed E-state index contributed by atoms with van der Waals surface area (Å²) in [6, 6.07) is 5.76. The first-order valence-electron chi connectivity index (χ1n) is 8.97. The molecule has 3 rings (SSSR count). The largest absolute Gasteiger partial charge is 0.354 e. The Morgan fingerprint density at radius 1 is 1.22 bits per heavy atom. The highest BCUT2D eigenvalue weighted by atomic mass is 32.1. The van der Waals surface area contributed by atoms with Crippen molar-refractivity contribution in [3.63, 3.8) is 0 Å². The van der Waals surface area contributed by atoms with Crippen LogP contribution in [0.15, 0.2) is 29.8 Å². The predicted octanol–water partition coefficient (Wildman–Crippen LogP) is 1.96. The molecule has 8 nitrogen and oxygen atoms in total. The van der Waals surface area contributed by atoms with Gasteiger partial charge in [0.1, 0.15) is 5.82 Å². The van der Waals surface area contributed by atoms with Gasteiger partial charge in [0.25, 0.3) is 0 Å². The highest BCUT2D eigenvalue weighted by molar-refractivity contribution is 7.13. The molecule has 2 N–H and O–H groups in total. The molecule has 0 atom stereocenters. The van der Waals surface area contributed by atoms with E-state index in [2.05, 4.69) is 25.5 Å². The van der Waals surface area contributed by atoms with Crippen LogP contribution < -0.4 is 15.5 Å². The van der Waals surface area contributed by atoms with Crippen LogP contribution in [0.5, 0.6) is 0 Å². The first-order chi connectivity index (χ1) is 13.0. The lowest BCUT2D eigenvalue weighted by Crippen LogP contribution is -2.50. The maximum atomic E-state index is 12.5. The maximum Gasteiger partial charge on any atom is 0.323 e. The second-order valence-electron chi connectivity index (χ2n) is 6.64. The van der Waals surface area contributed by atoms with Crippen LogP contribution >= 0.6 is 11.3 Å². The summed E-state index contributed by atoms with van der Waals surface area (Å²) < 4.78 is 0. The van der Waals surface area contributed by atoms with Crippen LogP contribution in [0.25, 0.3) is 0 Å². The van der Waals surface area contributed by atoms with E-state index >= 15 is 0 Å². The number of amides is 3. The first-order valence-corrected chi connectivity index (χ1v) is 9.85. The van der Waals surface area contributed by atoms with Gasteiger partial charge in [-0.2, -0.15) is 0 Å². The Balaban J connectivity index is 1.48. The van der Waals surface area contributed by atoms with Gasteiger partial charge in [-0.25, -0.2) is 14.8 Å². The molecule has 0 unspecified atom stereocenters. The van der Waals surface area contributed by atoms with Crippen LogP contribution in [-0.2, 0) is 11.2 Å². The lowest BCUT2D eigenvalue weighted by atomic mass is 10.3. The monoisotopic (exact) mass is 388 g/mol. The van der Waals surface area contributed by atoms with Crippen molar-refractivity contribution in [2.24, 2.45) is 0 Å². The van der Waals surface area contributed by atoms with Gasteiger partial charge < -0.3 is 15.1 Å². The number of carbonyl (C=O) groups is 2. The zero-order chi connectivity index (χ0) is 19.2. The lowest BCUT2D eigenvalue weighted by Gasteiger charge is -2.35. The van der Waals surface area contributed by atoms with Gasteiger partial charge in [-0.15, -0.1) is 11.3 Å². The number of nitrogens with one attached hydrogen (secondary N) is 2. The minimum absolute atomic E-state index is 0.0705. The van der Waals surface area contributed by atoms with E-state index in [9.17, 15) is 9.59 Å². The van der Waals surface area contributed by atoms with Gasteiger partial charge in [0.15, 0.2) is 5.13 Å². The molecule has 0 saturated carbocycles. The molecular formula is C18H24N6O2S. The second-order valence-corrected chi connectivity index (χ2v) is 7.49. The molecule has 0 bridgehead atoms. The van der Waals surface area contributed by atoms with Crippen LogP contribution in [0.3, 0.4) is 0 Å². The Hall–Kier alpha value is -2.68. The quantitative estimate of drug-likeness (QED) is 0.817. The van der Waals surface area contributed by atoms with Gasteiger partial charge in [0.2, 0.25) is 5.91 Å². The fourth-order valence-corrected chi connectivity index (χ4v) is 3.53. The highest BCUT2D eigenvalue weighted by Gasteiger charge is 2.22. The van der Waals surface area contributed by atoms with Crippen LogP contribution in [0.2, 0.25) is 0 Å². The summed E-state index contributed by atoms with van der Waals surface area (Å²) in [6.07, 6.45) is 1.99. The molecule has 27 heavy (non-hydrogen) atoms. The Kier molecular flexibility index (Phi) is 6.23. The van der Waals surface area contributed by atoms with Crippen molar-refractivity contribution in [1.29, 1.82) is 0 Å². The van der Waals surface area contributed by atoms with E-state index in [1.54, 1.807) is 16.5 Å². The van der Waals surface area contributed by atoms with E-state index in [0.717, 1.165) is 18.9 Å². The first kappa shape index (κ1) is 19.1. The van der Waals surface area contributed by atoms with Crippen molar-refractivity contribution in [1.82, 2.24) is 20.2 Å². The molecule has 2 aromatic rings. The van der Waals surface area contributed by atoms with E-state index in [1.807, 2.05) is 32.0 Å². The van der Waals surface area contributed by atoms with E-state index in [1.165, 1.54) is 11.3 Å². The van der Waals surface area contributed by atoms with Gasteiger partial charge >= 0.3 is 6.03 Å². The summed E-state index contributed by atoms with van der Waals surface area (Å²) in [5, 5.41) is 7.97. The molecule has 0 radical (unpaired) electrons. The summed E-state index contributed by atoms with van der Waals surface area (Å²) in [6.45, 7) is 6.55. The molecule has 1 fully saturated rings. The third-order valence-corrected chi connectivity index (χ3v) is 4.90. The number of nitrogens with zero attached hydrogens (tertiary/aromatic N) is 4. The molecule has 3 amide bonds. The van der Waals surface area contributed by atoms with Crippen LogP contribution in [0.1, 0.15) is 19.5 Å². The third kappa shape index (κ3) is 5.40. The number of rotatable bonds is 5. The molecule has 0 aromatic carbocycles. The average molecular weight is 388 g/mol. The van der Waals surface area contributed by atoms with E-state index in [0.29, 0.717) is 23.9 Å². The fourth-order valence-electron chi connectivity index (χ4n) is 2.83. The zero-order valence-corrected chi connectivity index (χ0v) is 16.3. The number of hydrogen-bond donors (Lipinski definition) is 2. The van der Waals surface area contributed by atoms with Crippen LogP contribution in [-0.4, -0.2) is 59.0 Å². The van der Waals surface area contributed by atoms with Gasteiger partial charge in [-0.1, -0.05) is 6.07 Å². The summed E-state index contributed by atoms with van der Waals surface area (Å²) in [5.41, 5.74) is 0.661. The van der Waals surface area contributed by atoms with Gasteiger partial charge in [-0.3, -0.25) is 10.1 Å². The van der Waals surface area contributed by atoms with Crippen molar-refractivity contribution >= 4 is 34.2 Å². The standard InChI is InChI=1S/C18H24N6O2S/c1-13(2)20-16(25)11-14-12-27-17(21-14)22-18(26)24-9-7-23(8-10-24)15-5-3-4-6-19-15/h3-6,12-13H,7-11H2,1-2H3,(H,20,25)(H,21,22,26). The fraction of sp³-hybridized carbons (Fsp3) is 0.444. The molecule has 9 heteroatoms. The van der Waals surface area contributed by atoms with Crippen LogP contribution in [0, 0.1) is 0 Å². The minimum atomic E-state index is -0.164. The van der Waals surface area contributed by atoms with Crippen molar-refractivity contribution in [3.8, 4) is 0 Å². The molecular weight excluding hydrogens is 364 g/mol. The van der Waals surface area contributed by atoms with E-state index < -0.39 is 0 Å². The number of carbonyl (C=O) groups excluding carboxylic acids is 2. The van der Waals surface area contributed by atoms with E-state index in [4.69, 9.17) is 0 Å². The van der Waals surface area contributed by atoms with Gasteiger partial charge in [0.05, 0.1) is 12.1 Å². The SMILES string of the molecule is CC(C)NC(=O)Cc1csc(NC(=O)N2CCN(c3ccccn3)CC2)n1. The van der Waals surface area contributed by atoms with Crippen molar-refractivity contribution < 1.29 is 9.59 Å². The summed E-state index contributed by atoms with van der Waals surface area (Å²) >= 11 is 1.33. The van der Waals surface area contributed by atoms with Crippen molar-refractivity contribution in [2.45, 2.75) is 26.3 Å². The number of pyridine rings is 1. The second kappa shape index (κ2) is 8.81. The Labute approximate surface area is 162 Å². The Morgan fingerprint density at radius 3 is 2.67 bits per heavy atom. The molecule has 2 aromatic heterocycles. The van der Waals surface area contributed by atoms with E-state index in [-0.39, 0.29) is 24.4 Å². The average Bonchev–Trinajstić information content (AvgIpc) is 3.08. The topological polar surface area (TPSA) is 90.5 Å². The van der Waals surface area contributed by atoms with Crippen molar-refractivity contribution in [3.05, 3.63) is 35.5 Å². The molecule has 3 heterocycles. The van der Waals surface area contributed by atoms with Gasteiger partial charge in [0, 0.05) is 43.8 Å². The molecule has 1 aliphatic rings. The number of urea groups is 1.